The zero-order valence-electron chi connectivity index (χ0n) is 14.1. The van der Waals surface area contributed by atoms with Gasteiger partial charge in [0.25, 0.3) is 0 Å². The monoisotopic (exact) mass is 336 g/mol. The van der Waals surface area contributed by atoms with Crippen LogP contribution in [0.2, 0.25) is 5.02 Å². The summed E-state index contributed by atoms with van der Waals surface area (Å²) in [5, 5.41) is 6.26. The highest BCUT2D eigenvalue weighted by Crippen LogP contribution is 2.47. The molecule has 126 valence electrons. The predicted octanol–water partition coefficient (Wildman–Crippen LogP) is 3.98. The summed E-state index contributed by atoms with van der Waals surface area (Å²) in [5.41, 5.74) is 1.64. The normalized spacial score (nSPS) is 15.1. The van der Waals surface area contributed by atoms with E-state index in [0.29, 0.717) is 30.1 Å². The maximum Gasteiger partial charge on any atom is 0.240 e. The number of aryl methyl sites for hydroxylation is 2. The fourth-order valence-corrected chi connectivity index (χ4v) is 3.10. The van der Waals surface area contributed by atoms with Crippen molar-refractivity contribution in [2.75, 3.05) is 11.9 Å². The van der Waals surface area contributed by atoms with Gasteiger partial charge < -0.3 is 10.6 Å². The number of anilines is 1. The van der Waals surface area contributed by atoms with Crippen molar-refractivity contribution in [2.45, 2.75) is 52.9 Å². The smallest absolute Gasteiger partial charge is 0.240 e. The van der Waals surface area contributed by atoms with Crippen LogP contribution in [-0.4, -0.2) is 18.4 Å². The van der Waals surface area contributed by atoms with Crippen LogP contribution in [0.15, 0.2) is 12.1 Å². The molecule has 0 heterocycles. The van der Waals surface area contributed by atoms with E-state index in [1.54, 1.807) is 0 Å². The summed E-state index contributed by atoms with van der Waals surface area (Å²) in [4.78, 5) is 24.9. The molecule has 0 unspecified atom stereocenters. The quantitative estimate of drug-likeness (QED) is 0.584. The number of carbonyl (C=O) groups excluding carboxylic acids is 2. The highest BCUT2D eigenvalue weighted by molar-refractivity contribution is 6.34. The molecule has 0 atom stereocenters. The van der Waals surface area contributed by atoms with Gasteiger partial charge in [0.15, 0.2) is 0 Å². The number of nitrogens with one attached hydrogen (secondary N) is 2. The molecule has 0 spiro atoms. The first-order valence-corrected chi connectivity index (χ1v) is 8.65. The molecular weight excluding hydrogens is 312 g/mol. The van der Waals surface area contributed by atoms with Gasteiger partial charge in [-0.3, -0.25) is 9.59 Å². The summed E-state index contributed by atoms with van der Waals surface area (Å²) < 4.78 is 0. The fraction of sp³-hybridized carbons (Fsp3) is 0.556. The molecule has 2 amide bonds. The average molecular weight is 337 g/mol. The molecule has 0 radical (unpaired) electrons. The predicted molar refractivity (Wildman–Crippen MR) is 93.8 cm³/mol. The molecule has 5 heteroatoms. The maximum atomic E-state index is 12.6. The Hall–Kier alpha value is -1.55. The first kappa shape index (κ1) is 17.8. The Labute approximate surface area is 143 Å². The summed E-state index contributed by atoms with van der Waals surface area (Å²) in [7, 11) is 0. The van der Waals surface area contributed by atoms with E-state index in [1.165, 1.54) is 0 Å². The van der Waals surface area contributed by atoms with E-state index in [9.17, 15) is 9.59 Å². The van der Waals surface area contributed by atoms with Crippen molar-refractivity contribution in [3.8, 4) is 0 Å². The van der Waals surface area contributed by atoms with Crippen LogP contribution in [0.4, 0.5) is 5.69 Å². The van der Waals surface area contributed by atoms with Crippen LogP contribution in [0.3, 0.4) is 0 Å². The molecule has 4 nitrogen and oxygen atoms in total. The van der Waals surface area contributed by atoms with E-state index in [-0.39, 0.29) is 11.8 Å². The van der Waals surface area contributed by atoms with Crippen molar-refractivity contribution < 1.29 is 9.59 Å². The van der Waals surface area contributed by atoms with E-state index in [4.69, 9.17) is 11.6 Å². The molecule has 2 N–H and O–H groups in total. The molecule has 0 aliphatic heterocycles. The van der Waals surface area contributed by atoms with Gasteiger partial charge in [-0.2, -0.15) is 0 Å². The topological polar surface area (TPSA) is 58.2 Å². The lowest BCUT2D eigenvalue weighted by atomic mass is 10.0. The molecular formula is C18H25ClN2O2. The Bertz CT molecular complexity index is 586. The zero-order valence-corrected chi connectivity index (χ0v) is 14.8. The molecule has 0 saturated heterocycles. The molecule has 1 fully saturated rings. The summed E-state index contributed by atoms with van der Waals surface area (Å²) in [5.74, 6) is -0.411. The molecule has 1 aliphatic carbocycles. The van der Waals surface area contributed by atoms with E-state index < -0.39 is 5.41 Å². The van der Waals surface area contributed by atoms with Gasteiger partial charge in [0.2, 0.25) is 11.8 Å². The van der Waals surface area contributed by atoms with Gasteiger partial charge in [0, 0.05) is 6.54 Å². The summed E-state index contributed by atoms with van der Waals surface area (Å²) in [6, 6.07) is 3.78. The van der Waals surface area contributed by atoms with Crippen molar-refractivity contribution in [1.29, 1.82) is 0 Å². The summed E-state index contributed by atoms with van der Waals surface area (Å²) >= 11 is 6.23. The van der Waals surface area contributed by atoms with Gasteiger partial charge in [-0.05, 0) is 50.3 Å². The van der Waals surface area contributed by atoms with Gasteiger partial charge >= 0.3 is 0 Å². The fourth-order valence-electron chi connectivity index (χ4n) is 2.74. The molecule has 1 aromatic carbocycles. The first-order valence-electron chi connectivity index (χ1n) is 8.27. The SMILES string of the molecule is CCCCCNC(=O)C1(C(=O)Nc2c(C)cc(C)cc2Cl)CC1. The number of halogens is 1. The third-order valence-electron chi connectivity index (χ3n) is 4.36. The van der Waals surface area contributed by atoms with Gasteiger partial charge in [0.1, 0.15) is 5.41 Å². The Kier molecular flexibility index (Phi) is 5.69. The highest BCUT2D eigenvalue weighted by atomic mass is 35.5. The van der Waals surface area contributed by atoms with Crippen molar-refractivity contribution >= 4 is 29.1 Å². The summed E-state index contributed by atoms with van der Waals surface area (Å²) in [6.07, 6.45) is 4.33. The molecule has 1 saturated carbocycles. The number of carbonyl (C=O) groups is 2. The van der Waals surface area contributed by atoms with Gasteiger partial charge in [-0.15, -0.1) is 0 Å². The molecule has 1 aliphatic rings. The van der Waals surface area contributed by atoms with Crippen LogP contribution in [0.25, 0.3) is 0 Å². The van der Waals surface area contributed by atoms with Crippen LogP contribution in [0.5, 0.6) is 0 Å². The standard InChI is InChI=1S/C18H25ClN2O2/c1-4-5-6-9-20-16(22)18(7-8-18)17(23)21-15-13(3)10-12(2)11-14(15)19/h10-11H,4-9H2,1-3H3,(H,20,22)(H,21,23). The van der Waals surface area contributed by atoms with Gasteiger partial charge in [-0.1, -0.05) is 37.4 Å². The van der Waals surface area contributed by atoms with E-state index >= 15 is 0 Å². The molecule has 2 rings (SSSR count). The largest absolute Gasteiger partial charge is 0.355 e. The van der Waals surface area contributed by atoms with Gasteiger partial charge in [-0.25, -0.2) is 0 Å². The first-order chi connectivity index (χ1) is 10.9. The zero-order chi connectivity index (χ0) is 17.0. The van der Waals surface area contributed by atoms with Crippen LogP contribution in [-0.2, 0) is 9.59 Å². The number of unbranched alkanes of at least 4 members (excludes halogenated alkanes) is 2. The minimum atomic E-state index is -0.910. The molecule has 23 heavy (non-hydrogen) atoms. The van der Waals surface area contributed by atoms with Crippen LogP contribution < -0.4 is 10.6 Å². The third kappa shape index (κ3) is 4.05. The minimum Gasteiger partial charge on any atom is -0.355 e. The Balaban J connectivity index is 2.01. The van der Waals surface area contributed by atoms with E-state index in [0.717, 1.165) is 30.4 Å². The number of amides is 2. The number of hydrogen-bond donors (Lipinski definition) is 2. The van der Waals surface area contributed by atoms with Crippen LogP contribution in [0, 0.1) is 19.3 Å². The minimum absolute atomic E-state index is 0.160. The summed E-state index contributed by atoms with van der Waals surface area (Å²) in [6.45, 7) is 6.60. The maximum absolute atomic E-state index is 12.6. The van der Waals surface area contributed by atoms with E-state index in [1.807, 2.05) is 26.0 Å². The third-order valence-corrected chi connectivity index (χ3v) is 4.65. The number of hydrogen-bond acceptors (Lipinski definition) is 2. The number of benzene rings is 1. The molecule has 0 aromatic heterocycles. The second-order valence-corrected chi connectivity index (χ2v) is 6.85. The Morgan fingerprint density at radius 3 is 2.43 bits per heavy atom. The van der Waals surface area contributed by atoms with Crippen molar-refractivity contribution in [1.82, 2.24) is 5.32 Å². The second kappa shape index (κ2) is 7.35. The highest BCUT2D eigenvalue weighted by Gasteiger charge is 2.56. The second-order valence-electron chi connectivity index (χ2n) is 6.44. The lowest BCUT2D eigenvalue weighted by molar-refractivity contribution is -0.134. The Morgan fingerprint density at radius 1 is 1.17 bits per heavy atom. The Morgan fingerprint density at radius 2 is 1.87 bits per heavy atom. The lowest BCUT2D eigenvalue weighted by Gasteiger charge is -2.17. The van der Waals surface area contributed by atoms with Crippen molar-refractivity contribution in [3.63, 3.8) is 0 Å². The van der Waals surface area contributed by atoms with Crippen molar-refractivity contribution in [3.05, 3.63) is 28.3 Å². The lowest BCUT2D eigenvalue weighted by Crippen LogP contribution is -2.40. The van der Waals surface area contributed by atoms with Gasteiger partial charge in [0.05, 0.1) is 10.7 Å². The molecule has 1 aromatic rings. The van der Waals surface area contributed by atoms with Crippen LogP contribution in [0.1, 0.15) is 50.2 Å². The number of rotatable bonds is 7. The average Bonchev–Trinajstić information content (AvgIpc) is 3.28. The van der Waals surface area contributed by atoms with Crippen molar-refractivity contribution in [2.24, 2.45) is 5.41 Å². The molecule has 0 bridgehead atoms. The van der Waals surface area contributed by atoms with E-state index in [2.05, 4.69) is 17.6 Å². The van der Waals surface area contributed by atoms with Crippen LogP contribution >= 0.6 is 11.6 Å².